The van der Waals surface area contributed by atoms with Crippen LogP contribution in [0.5, 0.6) is 0 Å². The molecular weight excluding hydrogens is 269 g/mol. The zero-order valence-electron chi connectivity index (χ0n) is 12.2. The predicted octanol–water partition coefficient (Wildman–Crippen LogP) is 3.07. The zero-order chi connectivity index (χ0) is 15.2. The van der Waals surface area contributed by atoms with E-state index in [0.717, 1.165) is 5.70 Å². The zero-order valence-corrected chi connectivity index (χ0v) is 12.2. The Bertz CT molecular complexity index is 661. The van der Waals surface area contributed by atoms with Crippen LogP contribution >= 0.6 is 0 Å². The number of hydrogen-bond acceptors (Lipinski definition) is 2. The fourth-order valence-corrected chi connectivity index (χ4v) is 3.37. The maximum Gasteiger partial charge on any atom is 0.225 e. The highest BCUT2D eigenvalue weighted by atomic mass is 19.1. The van der Waals surface area contributed by atoms with Gasteiger partial charge in [0.05, 0.1) is 0 Å². The van der Waals surface area contributed by atoms with Gasteiger partial charge in [-0.15, -0.1) is 0 Å². The van der Waals surface area contributed by atoms with Gasteiger partial charge in [-0.2, -0.15) is 0 Å². The molecule has 1 N–H and O–H groups in total. The van der Waals surface area contributed by atoms with Crippen LogP contribution in [0, 0.1) is 11.2 Å². The first kappa shape index (κ1) is 14.0. The molecule has 3 rings (SSSR count). The average Bonchev–Trinajstić information content (AvgIpc) is 2.35. The molecular formula is C17H18FNO2. The topological polar surface area (TPSA) is 46.2 Å². The first-order valence-corrected chi connectivity index (χ1v) is 7.17. The molecule has 0 saturated carbocycles. The number of allylic oxidation sites excluding steroid dienone is 2. The third-order valence-electron chi connectivity index (χ3n) is 4.20. The summed E-state index contributed by atoms with van der Waals surface area (Å²) in [5.74, 6) is -0.707. The third-order valence-corrected chi connectivity index (χ3v) is 4.20. The molecule has 110 valence electrons. The first-order chi connectivity index (χ1) is 9.85. The molecule has 0 bridgehead atoms. The van der Waals surface area contributed by atoms with E-state index >= 15 is 0 Å². The van der Waals surface area contributed by atoms with E-state index in [-0.39, 0.29) is 35.3 Å². The lowest BCUT2D eigenvalue weighted by atomic mass is 9.70. The van der Waals surface area contributed by atoms with Gasteiger partial charge in [-0.3, -0.25) is 9.59 Å². The third kappa shape index (κ3) is 2.62. The Morgan fingerprint density at radius 3 is 2.71 bits per heavy atom. The molecule has 1 aliphatic heterocycles. The maximum atomic E-state index is 13.5. The summed E-state index contributed by atoms with van der Waals surface area (Å²) in [7, 11) is 0. The quantitative estimate of drug-likeness (QED) is 0.863. The fraction of sp³-hybridized carbons (Fsp3) is 0.412. The van der Waals surface area contributed by atoms with Gasteiger partial charge in [0.1, 0.15) is 5.82 Å². The first-order valence-electron chi connectivity index (χ1n) is 7.17. The molecule has 4 heteroatoms. The number of amides is 1. The number of rotatable bonds is 1. The van der Waals surface area contributed by atoms with Crippen LogP contribution in [0.25, 0.3) is 0 Å². The van der Waals surface area contributed by atoms with E-state index < -0.39 is 0 Å². The molecule has 1 heterocycles. The van der Waals surface area contributed by atoms with Crippen LogP contribution in [-0.2, 0) is 9.59 Å². The molecule has 0 fully saturated rings. The molecule has 3 nitrogen and oxygen atoms in total. The van der Waals surface area contributed by atoms with Crippen molar-refractivity contribution in [2.24, 2.45) is 5.41 Å². The average molecular weight is 287 g/mol. The van der Waals surface area contributed by atoms with Crippen molar-refractivity contribution in [3.63, 3.8) is 0 Å². The highest BCUT2D eigenvalue weighted by Crippen LogP contribution is 2.43. The number of ketones is 1. The van der Waals surface area contributed by atoms with Gasteiger partial charge in [0.15, 0.2) is 5.78 Å². The number of hydrogen-bond donors (Lipinski definition) is 1. The lowest BCUT2D eigenvalue weighted by Gasteiger charge is -2.37. The summed E-state index contributed by atoms with van der Waals surface area (Å²) in [5.41, 5.74) is 1.94. The molecule has 2 aliphatic rings. The van der Waals surface area contributed by atoms with Crippen molar-refractivity contribution >= 4 is 11.7 Å². The molecule has 1 atom stereocenters. The van der Waals surface area contributed by atoms with E-state index in [1.165, 1.54) is 12.1 Å². The van der Waals surface area contributed by atoms with Gasteiger partial charge in [0.25, 0.3) is 0 Å². The highest BCUT2D eigenvalue weighted by Gasteiger charge is 2.40. The van der Waals surface area contributed by atoms with Crippen LogP contribution in [0.4, 0.5) is 4.39 Å². The summed E-state index contributed by atoms with van der Waals surface area (Å²) in [6, 6.07) is 6.19. The van der Waals surface area contributed by atoms with Crippen LogP contribution < -0.4 is 5.32 Å². The second-order valence-corrected chi connectivity index (χ2v) is 6.69. The molecule has 0 spiro atoms. The molecule has 0 saturated heterocycles. The summed E-state index contributed by atoms with van der Waals surface area (Å²) in [6.45, 7) is 4.04. The van der Waals surface area contributed by atoms with Gasteiger partial charge >= 0.3 is 0 Å². The van der Waals surface area contributed by atoms with E-state index in [1.807, 2.05) is 13.8 Å². The second-order valence-electron chi connectivity index (χ2n) is 6.69. The predicted molar refractivity (Wildman–Crippen MR) is 76.9 cm³/mol. The molecule has 1 aromatic rings. The molecule has 1 aromatic carbocycles. The second kappa shape index (κ2) is 4.79. The number of Topliss-reactive ketones (excluding diaryl/α,β-unsaturated/α-hetero) is 1. The molecule has 0 unspecified atom stereocenters. The number of nitrogens with one attached hydrogen (secondary N) is 1. The van der Waals surface area contributed by atoms with Crippen LogP contribution in [0.1, 0.15) is 44.6 Å². The monoisotopic (exact) mass is 287 g/mol. The van der Waals surface area contributed by atoms with Gasteiger partial charge in [-0.05, 0) is 29.5 Å². The largest absolute Gasteiger partial charge is 0.329 e. The molecule has 0 aromatic heterocycles. The van der Waals surface area contributed by atoms with Crippen LogP contribution in [0.15, 0.2) is 35.5 Å². The van der Waals surface area contributed by atoms with Crippen molar-refractivity contribution in [2.75, 3.05) is 0 Å². The Kier molecular flexibility index (Phi) is 3.19. The van der Waals surface area contributed by atoms with Crippen molar-refractivity contribution in [1.82, 2.24) is 5.32 Å². The summed E-state index contributed by atoms with van der Waals surface area (Å²) in [4.78, 5) is 24.5. The van der Waals surface area contributed by atoms with Gasteiger partial charge < -0.3 is 5.32 Å². The molecule has 0 radical (unpaired) electrons. The summed E-state index contributed by atoms with van der Waals surface area (Å²) in [6.07, 6.45) is 1.34. The number of carbonyl (C=O) groups is 2. The Morgan fingerprint density at radius 2 is 2.00 bits per heavy atom. The Balaban J connectivity index is 2.08. The normalized spacial score (nSPS) is 24.6. The SMILES string of the molecule is CC1(C)CC(=O)C2=C(C1)NC(=O)C[C@@H]2c1cccc(F)c1. The smallest absolute Gasteiger partial charge is 0.225 e. The van der Waals surface area contributed by atoms with Gasteiger partial charge in [-0.25, -0.2) is 4.39 Å². The minimum atomic E-state index is -0.343. The van der Waals surface area contributed by atoms with E-state index in [1.54, 1.807) is 12.1 Å². The van der Waals surface area contributed by atoms with Crippen LogP contribution in [-0.4, -0.2) is 11.7 Å². The summed E-state index contributed by atoms with van der Waals surface area (Å²) < 4.78 is 13.5. The van der Waals surface area contributed by atoms with E-state index in [4.69, 9.17) is 0 Å². The molecule has 1 aliphatic carbocycles. The van der Waals surface area contributed by atoms with Crippen LogP contribution in [0.3, 0.4) is 0 Å². The van der Waals surface area contributed by atoms with Crippen molar-refractivity contribution < 1.29 is 14.0 Å². The standard InChI is InChI=1S/C17H18FNO2/c1-17(2)8-13-16(14(20)9-17)12(7-15(21)19-13)10-4-3-5-11(18)6-10/h3-6,12H,7-9H2,1-2H3,(H,19,21)/t12-/m1/s1. The lowest BCUT2D eigenvalue weighted by molar-refractivity contribution is -0.122. The van der Waals surface area contributed by atoms with Gasteiger partial charge in [0.2, 0.25) is 5.91 Å². The minimum Gasteiger partial charge on any atom is -0.329 e. The van der Waals surface area contributed by atoms with Crippen molar-refractivity contribution in [3.8, 4) is 0 Å². The van der Waals surface area contributed by atoms with Crippen LogP contribution in [0.2, 0.25) is 0 Å². The Labute approximate surface area is 123 Å². The number of benzene rings is 1. The maximum absolute atomic E-state index is 13.5. The number of halogens is 1. The van der Waals surface area contributed by atoms with Gasteiger partial charge in [0, 0.05) is 30.0 Å². The van der Waals surface area contributed by atoms with Gasteiger partial charge in [-0.1, -0.05) is 26.0 Å². The minimum absolute atomic E-state index is 0.0653. The summed E-state index contributed by atoms with van der Waals surface area (Å²) in [5, 5.41) is 2.84. The summed E-state index contributed by atoms with van der Waals surface area (Å²) >= 11 is 0. The van der Waals surface area contributed by atoms with E-state index in [9.17, 15) is 14.0 Å². The van der Waals surface area contributed by atoms with Crippen molar-refractivity contribution in [3.05, 3.63) is 46.9 Å². The van der Waals surface area contributed by atoms with E-state index in [0.29, 0.717) is 24.0 Å². The fourth-order valence-electron chi connectivity index (χ4n) is 3.37. The number of carbonyl (C=O) groups excluding carboxylic acids is 2. The molecule has 21 heavy (non-hydrogen) atoms. The highest BCUT2D eigenvalue weighted by molar-refractivity contribution is 6.02. The lowest BCUT2D eigenvalue weighted by Crippen LogP contribution is -2.40. The molecule has 1 amide bonds. The van der Waals surface area contributed by atoms with Crippen molar-refractivity contribution in [2.45, 2.75) is 39.0 Å². The van der Waals surface area contributed by atoms with E-state index in [2.05, 4.69) is 5.32 Å². The Morgan fingerprint density at radius 1 is 1.24 bits per heavy atom. The van der Waals surface area contributed by atoms with Crippen molar-refractivity contribution in [1.29, 1.82) is 0 Å². The Hall–Kier alpha value is -1.97.